The van der Waals surface area contributed by atoms with Crippen LogP contribution in [0, 0.1) is 0 Å². The number of allylic oxidation sites excluding steroid dienone is 3. The second-order valence-corrected chi connectivity index (χ2v) is 5.39. The van der Waals surface area contributed by atoms with Crippen LogP contribution in [-0.2, 0) is 4.79 Å². The summed E-state index contributed by atoms with van der Waals surface area (Å²) in [5.41, 5.74) is 0.185. The van der Waals surface area contributed by atoms with E-state index in [-0.39, 0.29) is 11.3 Å². The number of hydrogen-bond acceptors (Lipinski definition) is 5. The first-order valence-electron chi connectivity index (χ1n) is 5.92. The lowest BCUT2D eigenvalue weighted by Crippen LogP contribution is -2.01. The number of rotatable bonds is 8. The van der Waals surface area contributed by atoms with E-state index in [0.29, 0.717) is 28.5 Å². The van der Waals surface area contributed by atoms with Crippen LogP contribution in [-0.4, -0.2) is 27.6 Å². The molecular formula is C14H15NO3S2. The summed E-state index contributed by atoms with van der Waals surface area (Å²) in [6, 6.07) is 3.10. The molecule has 0 spiro atoms. The summed E-state index contributed by atoms with van der Waals surface area (Å²) >= 11 is 5.40. The van der Waals surface area contributed by atoms with Crippen LogP contribution in [0.5, 0.6) is 0 Å². The van der Waals surface area contributed by atoms with E-state index in [0.717, 1.165) is 0 Å². The van der Waals surface area contributed by atoms with Gasteiger partial charge in [-0.1, -0.05) is 12.7 Å². The second-order valence-electron chi connectivity index (χ2n) is 3.82. The zero-order chi connectivity index (χ0) is 15.0. The number of thioether (sulfide) groups is 1. The molecule has 1 N–H and O–H groups in total. The lowest BCUT2D eigenvalue weighted by molar-refractivity contribution is -0.114. The lowest BCUT2D eigenvalue weighted by atomic mass is 10.2. The van der Waals surface area contributed by atoms with Gasteiger partial charge in [0.2, 0.25) is 0 Å². The smallest absolute Gasteiger partial charge is 0.338 e. The maximum atomic E-state index is 11.6. The van der Waals surface area contributed by atoms with E-state index in [1.165, 1.54) is 23.9 Å². The highest BCUT2D eigenvalue weighted by molar-refractivity contribution is 7.99. The van der Waals surface area contributed by atoms with E-state index in [1.54, 1.807) is 18.3 Å². The Morgan fingerprint density at radius 2 is 2.25 bits per heavy atom. The summed E-state index contributed by atoms with van der Waals surface area (Å²) in [6.45, 7) is 3.50. The summed E-state index contributed by atoms with van der Waals surface area (Å²) in [4.78, 5) is 27.0. The van der Waals surface area contributed by atoms with E-state index >= 15 is 0 Å². The van der Waals surface area contributed by atoms with Gasteiger partial charge in [-0.15, -0.1) is 24.4 Å². The van der Waals surface area contributed by atoms with Gasteiger partial charge in [-0.25, -0.2) is 9.78 Å². The number of pyridine rings is 1. The molecule has 0 saturated heterocycles. The molecule has 106 valence electrons. The van der Waals surface area contributed by atoms with Crippen molar-refractivity contribution in [3.63, 3.8) is 0 Å². The first-order chi connectivity index (χ1) is 9.56. The molecule has 20 heavy (non-hydrogen) atoms. The number of hydrogen-bond donors (Lipinski definition) is 2. The van der Waals surface area contributed by atoms with E-state index < -0.39 is 5.97 Å². The fourth-order valence-electron chi connectivity index (χ4n) is 1.40. The van der Waals surface area contributed by atoms with Crippen molar-refractivity contribution in [2.24, 2.45) is 0 Å². The number of carboxylic acids is 1. The highest BCUT2D eigenvalue weighted by atomic mass is 32.2. The third-order valence-corrected chi connectivity index (χ3v) is 3.84. The molecule has 0 atom stereocenters. The molecule has 0 radical (unpaired) electrons. The molecule has 0 aliphatic carbocycles. The molecule has 0 fully saturated rings. The quantitative estimate of drug-likeness (QED) is 0.254. The molecule has 6 heteroatoms. The van der Waals surface area contributed by atoms with E-state index in [1.807, 2.05) is 0 Å². The first-order valence-corrected chi connectivity index (χ1v) is 7.35. The van der Waals surface area contributed by atoms with Crippen molar-refractivity contribution in [3.05, 3.63) is 47.5 Å². The fourth-order valence-corrected chi connectivity index (χ4v) is 2.55. The molecule has 0 unspecified atom stereocenters. The van der Waals surface area contributed by atoms with Crippen molar-refractivity contribution < 1.29 is 14.7 Å². The maximum absolute atomic E-state index is 11.6. The van der Waals surface area contributed by atoms with Crippen molar-refractivity contribution in [3.8, 4) is 0 Å². The number of Topliss-reactive ketones (excluding diaryl/α,β-unsaturated/α-hetero) is 1. The van der Waals surface area contributed by atoms with Gasteiger partial charge in [0.25, 0.3) is 0 Å². The Morgan fingerprint density at radius 1 is 1.50 bits per heavy atom. The summed E-state index contributed by atoms with van der Waals surface area (Å²) < 4.78 is 0. The standard InChI is InChI=1S/C14H15NO3S2/c1-2-5-12(19)11(16)7-4-9-20-13-10(14(17)18)6-3-8-15-13/h2-3,5-6,8,19H,1,4,7,9H2,(H,17,18)/b12-5-. The number of carboxylic acid groups (broad SMARTS) is 1. The summed E-state index contributed by atoms with van der Waals surface area (Å²) in [5, 5.41) is 9.48. The molecule has 1 aromatic rings. The predicted molar refractivity (Wildman–Crippen MR) is 83.4 cm³/mol. The van der Waals surface area contributed by atoms with Crippen LogP contribution >= 0.6 is 24.4 Å². The molecule has 0 aromatic carbocycles. The van der Waals surface area contributed by atoms with E-state index in [2.05, 4.69) is 24.2 Å². The lowest BCUT2D eigenvalue weighted by Gasteiger charge is -2.04. The van der Waals surface area contributed by atoms with Crippen LogP contribution in [0.1, 0.15) is 23.2 Å². The molecule has 4 nitrogen and oxygen atoms in total. The van der Waals surface area contributed by atoms with Gasteiger partial charge in [0.05, 0.1) is 5.56 Å². The minimum atomic E-state index is -0.997. The monoisotopic (exact) mass is 309 g/mol. The van der Waals surface area contributed by atoms with Crippen molar-refractivity contribution in [1.29, 1.82) is 0 Å². The second kappa shape index (κ2) is 8.60. The summed E-state index contributed by atoms with van der Waals surface area (Å²) in [6.07, 6.45) is 5.63. The largest absolute Gasteiger partial charge is 0.478 e. The van der Waals surface area contributed by atoms with Gasteiger partial charge in [0.1, 0.15) is 5.03 Å². The van der Waals surface area contributed by atoms with Gasteiger partial charge >= 0.3 is 5.97 Å². The molecule has 0 amide bonds. The zero-order valence-corrected chi connectivity index (χ0v) is 12.5. The van der Waals surface area contributed by atoms with Gasteiger partial charge < -0.3 is 5.11 Å². The molecule has 0 bridgehead atoms. The summed E-state index contributed by atoms with van der Waals surface area (Å²) in [7, 11) is 0. The third kappa shape index (κ3) is 5.22. The van der Waals surface area contributed by atoms with Gasteiger partial charge in [-0.2, -0.15) is 0 Å². The zero-order valence-electron chi connectivity index (χ0n) is 10.8. The van der Waals surface area contributed by atoms with Gasteiger partial charge in [-0.3, -0.25) is 4.79 Å². The number of carbonyl (C=O) groups is 2. The molecular weight excluding hydrogens is 294 g/mol. The van der Waals surface area contributed by atoms with Crippen molar-refractivity contribution in [2.75, 3.05) is 5.75 Å². The third-order valence-electron chi connectivity index (χ3n) is 2.35. The minimum Gasteiger partial charge on any atom is -0.478 e. The number of thiol groups is 1. The molecule has 0 saturated carbocycles. The van der Waals surface area contributed by atoms with Crippen LogP contribution in [0.2, 0.25) is 0 Å². The van der Waals surface area contributed by atoms with Crippen molar-refractivity contribution in [1.82, 2.24) is 4.98 Å². The Morgan fingerprint density at radius 3 is 2.90 bits per heavy atom. The number of nitrogens with zero attached hydrogens (tertiary/aromatic N) is 1. The maximum Gasteiger partial charge on any atom is 0.338 e. The Kier molecular flexibility index (Phi) is 7.11. The fraction of sp³-hybridized carbons (Fsp3) is 0.214. The predicted octanol–water partition coefficient (Wildman–Crippen LogP) is 3.22. The van der Waals surface area contributed by atoms with Gasteiger partial charge in [0.15, 0.2) is 5.78 Å². The van der Waals surface area contributed by atoms with Gasteiger partial charge in [0, 0.05) is 17.5 Å². The highest BCUT2D eigenvalue weighted by Crippen LogP contribution is 2.21. The molecule has 1 heterocycles. The Hall–Kier alpha value is -1.53. The number of aromatic nitrogens is 1. The van der Waals surface area contributed by atoms with Crippen LogP contribution in [0.15, 0.2) is 47.0 Å². The number of ketones is 1. The SMILES string of the molecule is C=C/C=C(\S)C(=O)CCCSc1ncccc1C(=O)O. The van der Waals surface area contributed by atoms with Crippen LogP contribution in [0.3, 0.4) is 0 Å². The Labute approximate surface area is 127 Å². The van der Waals surface area contributed by atoms with Crippen LogP contribution < -0.4 is 0 Å². The van der Waals surface area contributed by atoms with Gasteiger partial charge in [-0.05, 0) is 30.4 Å². The normalized spacial score (nSPS) is 11.2. The van der Waals surface area contributed by atoms with Crippen molar-refractivity contribution >= 4 is 36.1 Å². The van der Waals surface area contributed by atoms with E-state index in [9.17, 15) is 9.59 Å². The first kappa shape index (κ1) is 16.5. The molecule has 1 rings (SSSR count). The molecule has 0 aliphatic heterocycles. The topological polar surface area (TPSA) is 67.3 Å². The van der Waals surface area contributed by atoms with Crippen LogP contribution in [0.4, 0.5) is 0 Å². The van der Waals surface area contributed by atoms with E-state index in [4.69, 9.17) is 5.11 Å². The molecule has 1 aromatic heterocycles. The number of aromatic carboxylic acids is 1. The van der Waals surface area contributed by atoms with Crippen molar-refractivity contribution in [2.45, 2.75) is 17.9 Å². The summed E-state index contributed by atoms with van der Waals surface area (Å²) in [5.74, 6) is -0.422. The molecule has 0 aliphatic rings. The highest BCUT2D eigenvalue weighted by Gasteiger charge is 2.11. The Bertz CT molecular complexity index is 541. The Balaban J connectivity index is 2.46. The number of carbonyl (C=O) groups excluding carboxylic acids is 1. The van der Waals surface area contributed by atoms with Crippen LogP contribution in [0.25, 0.3) is 0 Å². The average molecular weight is 309 g/mol. The average Bonchev–Trinajstić information content (AvgIpc) is 2.43. The minimum absolute atomic E-state index is 0.0479.